The number of carboxylic acid groups (broad SMARTS) is 1. The van der Waals surface area contributed by atoms with Crippen molar-refractivity contribution in [3.05, 3.63) is 53.7 Å². The molecule has 0 radical (unpaired) electrons. The summed E-state index contributed by atoms with van der Waals surface area (Å²) in [5.74, 6) is -1.30. The molecule has 7 nitrogen and oxygen atoms in total. The lowest BCUT2D eigenvalue weighted by atomic mass is 9.92. The summed E-state index contributed by atoms with van der Waals surface area (Å²) in [7, 11) is 0. The molecule has 0 bridgehead atoms. The molecule has 31 heavy (non-hydrogen) atoms. The number of halogens is 3. The molecular formula is C20H21F3N2O5S. The minimum atomic E-state index is -5.08. The monoisotopic (exact) mass is 458 g/mol. The van der Waals surface area contributed by atoms with E-state index in [9.17, 15) is 18.0 Å². The number of furan rings is 1. The van der Waals surface area contributed by atoms with E-state index in [1.165, 1.54) is 0 Å². The van der Waals surface area contributed by atoms with E-state index in [2.05, 4.69) is 4.98 Å². The Hall–Kier alpha value is -2.53. The van der Waals surface area contributed by atoms with Crippen LogP contribution in [0.5, 0.6) is 0 Å². The van der Waals surface area contributed by atoms with Gasteiger partial charge >= 0.3 is 12.1 Å². The molecule has 2 fully saturated rings. The molecule has 1 amide bonds. The van der Waals surface area contributed by atoms with Crippen molar-refractivity contribution in [3.63, 3.8) is 0 Å². The molecule has 2 saturated heterocycles. The Bertz CT molecular complexity index is 913. The number of hydrogen-bond acceptors (Lipinski definition) is 6. The quantitative estimate of drug-likeness (QED) is 0.749. The molecule has 168 valence electrons. The average Bonchev–Trinajstić information content (AvgIpc) is 3.32. The van der Waals surface area contributed by atoms with Gasteiger partial charge in [0, 0.05) is 36.8 Å². The number of amides is 1. The van der Waals surface area contributed by atoms with E-state index in [1.54, 1.807) is 12.5 Å². The van der Waals surface area contributed by atoms with E-state index in [-0.39, 0.29) is 16.8 Å². The van der Waals surface area contributed by atoms with Gasteiger partial charge in [0.05, 0.1) is 23.7 Å². The van der Waals surface area contributed by atoms with Gasteiger partial charge in [0.25, 0.3) is 5.91 Å². The van der Waals surface area contributed by atoms with Crippen LogP contribution in [0.15, 0.2) is 41.3 Å². The molecule has 1 spiro atoms. The maximum absolute atomic E-state index is 12.4. The highest BCUT2D eigenvalue weighted by Crippen LogP contribution is 2.46. The summed E-state index contributed by atoms with van der Waals surface area (Å²) < 4.78 is 43.2. The molecule has 2 aliphatic heterocycles. The molecule has 1 N–H and O–H groups in total. The Balaban J connectivity index is 0.000000339. The Kier molecular flexibility index (Phi) is 6.95. The van der Waals surface area contributed by atoms with Gasteiger partial charge in [-0.05, 0) is 31.0 Å². The van der Waals surface area contributed by atoms with E-state index in [1.807, 2.05) is 48.0 Å². The number of carbonyl (C=O) groups excluding carboxylic acids is 1. The largest absolute Gasteiger partial charge is 0.490 e. The van der Waals surface area contributed by atoms with Crippen molar-refractivity contribution in [2.24, 2.45) is 0 Å². The van der Waals surface area contributed by atoms with Crippen LogP contribution in [0.2, 0.25) is 0 Å². The number of aryl methyl sites for hydroxylation is 1. The highest BCUT2D eigenvalue weighted by molar-refractivity contribution is 8.01. The molecule has 0 saturated carbocycles. The molecule has 2 aromatic heterocycles. The molecule has 11 heteroatoms. The summed E-state index contributed by atoms with van der Waals surface area (Å²) in [5.41, 5.74) is 2.00. The number of aliphatic carboxylic acids is 1. The summed E-state index contributed by atoms with van der Waals surface area (Å²) >= 11 is 1.93. The lowest BCUT2D eigenvalue weighted by Gasteiger charge is -2.47. The molecule has 0 aliphatic carbocycles. The van der Waals surface area contributed by atoms with E-state index in [4.69, 9.17) is 19.1 Å². The van der Waals surface area contributed by atoms with Crippen LogP contribution < -0.4 is 0 Å². The van der Waals surface area contributed by atoms with Crippen LogP contribution in [0.4, 0.5) is 13.2 Å². The maximum Gasteiger partial charge on any atom is 0.490 e. The number of thioether (sulfide) groups is 1. The predicted octanol–water partition coefficient (Wildman–Crippen LogP) is 3.53. The Morgan fingerprint density at radius 3 is 2.65 bits per heavy atom. The average molecular weight is 458 g/mol. The van der Waals surface area contributed by atoms with E-state index < -0.39 is 12.1 Å². The summed E-state index contributed by atoms with van der Waals surface area (Å²) in [6.45, 7) is 4.06. The second kappa shape index (κ2) is 9.31. The number of likely N-dealkylation sites (tertiary alicyclic amines) is 1. The first-order valence-electron chi connectivity index (χ1n) is 9.38. The van der Waals surface area contributed by atoms with Crippen molar-refractivity contribution < 1.29 is 37.0 Å². The van der Waals surface area contributed by atoms with Crippen molar-refractivity contribution in [2.75, 3.05) is 18.8 Å². The molecular weight excluding hydrogens is 437 g/mol. The minimum Gasteiger partial charge on any atom is -0.475 e. The van der Waals surface area contributed by atoms with Gasteiger partial charge in [-0.2, -0.15) is 13.2 Å². The smallest absolute Gasteiger partial charge is 0.475 e. The number of alkyl halides is 3. The predicted molar refractivity (Wildman–Crippen MR) is 106 cm³/mol. The van der Waals surface area contributed by atoms with Gasteiger partial charge in [-0.1, -0.05) is 6.07 Å². The topological polar surface area (TPSA) is 92.9 Å². The van der Waals surface area contributed by atoms with Crippen LogP contribution in [0.25, 0.3) is 0 Å². The highest BCUT2D eigenvalue weighted by atomic mass is 32.2. The summed E-state index contributed by atoms with van der Waals surface area (Å²) in [5, 5.41) is 7.12. The van der Waals surface area contributed by atoms with E-state index >= 15 is 0 Å². The lowest BCUT2D eigenvalue weighted by Crippen LogP contribution is -2.60. The Morgan fingerprint density at radius 2 is 2.10 bits per heavy atom. The van der Waals surface area contributed by atoms with Crippen molar-refractivity contribution in [3.8, 4) is 0 Å². The number of pyridine rings is 1. The second-order valence-electron chi connectivity index (χ2n) is 7.39. The van der Waals surface area contributed by atoms with Gasteiger partial charge in [0.15, 0.2) is 5.76 Å². The molecule has 1 atom stereocenters. The van der Waals surface area contributed by atoms with E-state index in [0.717, 1.165) is 36.4 Å². The van der Waals surface area contributed by atoms with Crippen LogP contribution >= 0.6 is 11.8 Å². The highest BCUT2D eigenvalue weighted by Gasteiger charge is 2.51. The van der Waals surface area contributed by atoms with Gasteiger partial charge in [-0.3, -0.25) is 9.78 Å². The molecule has 4 heterocycles. The zero-order valence-corrected chi connectivity index (χ0v) is 17.4. The molecule has 2 aromatic rings. The first kappa shape index (κ1) is 23.1. The number of rotatable bonds is 4. The van der Waals surface area contributed by atoms with Crippen LogP contribution in [-0.2, 0) is 16.1 Å². The Labute approximate surface area is 180 Å². The SMILES string of the molecule is Cc1ccoc1C(=O)N1CC2(CC(OCc3cccnc3)CS2)C1.O=C(O)C(F)(F)F. The summed E-state index contributed by atoms with van der Waals surface area (Å²) in [6.07, 6.45) is 1.35. The zero-order valence-electron chi connectivity index (χ0n) is 16.6. The first-order valence-corrected chi connectivity index (χ1v) is 10.4. The van der Waals surface area contributed by atoms with Crippen molar-refractivity contribution in [2.45, 2.75) is 37.0 Å². The molecule has 0 aromatic carbocycles. The number of ether oxygens (including phenoxy) is 1. The van der Waals surface area contributed by atoms with Crippen molar-refractivity contribution in [1.29, 1.82) is 0 Å². The number of carbonyl (C=O) groups is 2. The molecule has 4 rings (SSSR count). The fraction of sp³-hybridized carbons (Fsp3) is 0.450. The van der Waals surface area contributed by atoms with E-state index in [0.29, 0.717) is 12.4 Å². The minimum absolute atomic E-state index is 0.00320. The number of nitrogens with zero attached hydrogens (tertiary/aromatic N) is 2. The summed E-state index contributed by atoms with van der Waals surface area (Å²) in [6, 6.07) is 5.78. The summed E-state index contributed by atoms with van der Waals surface area (Å²) in [4.78, 5) is 27.3. The zero-order chi connectivity index (χ0) is 22.6. The fourth-order valence-electron chi connectivity index (χ4n) is 3.36. The molecule has 2 aliphatic rings. The van der Waals surface area contributed by atoms with Crippen molar-refractivity contribution >= 4 is 23.6 Å². The molecule has 1 unspecified atom stereocenters. The number of carboxylic acids is 1. The van der Waals surface area contributed by atoms with Crippen LogP contribution in [0.1, 0.15) is 28.1 Å². The third-order valence-electron chi connectivity index (χ3n) is 4.93. The standard InChI is InChI=1S/C18H20N2O3S.C2HF3O2/c1-13-4-6-22-16(13)17(21)20-11-18(12-20)7-15(10-24-18)23-9-14-3-2-5-19-8-14;3-2(4,5)1(6)7/h2-6,8,15H,7,9-12H2,1H3;(H,6,7). The van der Waals surface area contributed by atoms with Gasteiger partial charge < -0.3 is 19.2 Å². The fourth-order valence-corrected chi connectivity index (χ4v) is 4.91. The van der Waals surface area contributed by atoms with Crippen LogP contribution in [0, 0.1) is 6.92 Å². The van der Waals surface area contributed by atoms with Crippen LogP contribution in [-0.4, -0.2) is 62.7 Å². The van der Waals surface area contributed by atoms with Crippen LogP contribution in [0.3, 0.4) is 0 Å². The Morgan fingerprint density at radius 1 is 1.39 bits per heavy atom. The van der Waals surface area contributed by atoms with Gasteiger partial charge in [0.1, 0.15) is 0 Å². The van der Waals surface area contributed by atoms with Crippen molar-refractivity contribution in [1.82, 2.24) is 9.88 Å². The maximum atomic E-state index is 12.4. The normalized spacial score (nSPS) is 19.5. The van der Waals surface area contributed by atoms with Gasteiger partial charge in [0.2, 0.25) is 0 Å². The third kappa shape index (κ3) is 5.79. The van der Waals surface area contributed by atoms with Gasteiger partial charge in [-0.15, -0.1) is 11.8 Å². The third-order valence-corrected chi connectivity index (χ3v) is 6.50. The van der Waals surface area contributed by atoms with Gasteiger partial charge in [-0.25, -0.2) is 4.79 Å². The first-order chi connectivity index (χ1) is 14.6. The number of aromatic nitrogens is 1. The second-order valence-corrected chi connectivity index (χ2v) is 8.88. The number of hydrogen-bond donors (Lipinski definition) is 1. The lowest BCUT2D eigenvalue weighted by molar-refractivity contribution is -0.192.